The minimum Gasteiger partial charge on any atom is -0.368 e. The minimum absolute atomic E-state index is 0.274. The van der Waals surface area contributed by atoms with Crippen LogP contribution in [0.5, 0.6) is 0 Å². The first kappa shape index (κ1) is 16.5. The molecule has 1 heterocycles. The van der Waals surface area contributed by atoms with Crippen LogP contribution in [0.3, 0.4) is 0 Å². The van der Waals surface area contributed by atoms with Crippen LogP contribution in [0.1, 0.15) is 36.7 Å². The number of aromatic nitrogens is 3. The molecule has 0 amide bonds. The number of nitrogens with zero attached hydrogens (tertiary/aromatic N) is 4. The fourth-order valence-corrected chi connectivity index (χ4v) is 2.79. The van der Waals surface area contributed by atoms with E-state index in [0.29, 0.717) is 11.9 Å². The largest absolute Gasteiger partial charge is 0.368 e. The molecule has 0 unspecified atom stereocenters. The summed E-state index contributed by atoms with van der Waals surface area (Å²) in [4.78, 5) is 14.5. The predicted octanol–water partition coefficient (Wildman–Crippen LogP) is 3.08. The standard InChI is InChI=1S/C16H23N5S/c1-11(2)13-7-5-12(6-8-13)9-22-10-14-18-15(17)20-16(19-14)21(3)4/h5-8,11H,9-10H2,1-4H3,(H2,17,18,19,20). The lowest BCUT2D eigenvalue weighted by atomic mass is 10.0. The molecular formula is C16H23N5S. The average Bonchev–Trinajstić information content (AvgIpc) is 2.47. The lowest BCUT2D eigenvalue weighted by molar-refractivity contribution is 0.866. The molecule has 0 fully saturated rings. The van der Waals surface area contributed by atoms with Gasteiger partial charge in [0.1, 0.15) is 5.82 Å². The second-order valence-corrected chi connectivity index (χ2v) is 6.68. The number of hydrogen-bond acceptors (Lipinski definition) is 6. The van der Waals surface area contributed by atoms with Gasteiger partial charge >= 0.3 is 0 Å². The predicted molar refractivity (Wildman–Crippen MR) is 94.1 cm³/mol. The van der Waals surface area contributed by atoms with Gasteiger partial charge in [-0.2, -0.15) is 15.0 Å². The van der Waals surface area contributed by atoms with Crippen LogP contribution >= 0.6 is 11.8 Å². The van der Waals surface area contributed by atoms with Crippen LogP contribution in [0.2, 0.25) is 0 Å². The van der Waals surface area contributed by atoms with Gasteiger partial charge in [0, 0.05) is 19.8 Å². The van der Waals surface area contributed by atoms with Crippen molar-refractivity contribution in [3.63, 3.8) is 0 Å². The van der Waals surface area contributed by atoms with E-state index in [4.69, 9.17) is 5.73 Å². The van der Waals surface area contributed by atoms with Gasteiger partial charge in [-0.3, -0.25) is 0 Å². The lowest BCUT2D eigenvalue weighted by Gasteiger charge is -2.11. The fourth-order valence-electron chi connectivity index (χ4n) is 1.95. The zero-order valence-electron chi connectivity index (χ0n) is 13.6. The van der Waals surface area contributed by atoms with E-state index < -0.39 is 0 Å². The second kappa shape index (κ2) is 7.45. The van der Waals surface area contributed by atoms with Gasteiger partial charge in [0.2, 0.25) is 11.9 Å². The number of hydrogen-bond donors (Lipinski definition) is 1. The number of thioether (sulfide) groups is 1. The summed E-state index contributed by atoms with van der Waals surface area (Å²) in [6, 6.07) is 8.78. The molecule has 0 aliphatic heterocycles. The van der Waals surface area contributed by atoms with E-state index in [1.54, 1.807) is 11.8 Å². The maximum absolute atomic E-state index is 5.73. The molecule has 0 bridgehead atoms. The van der Waals surface area contributed by atoms with Crippen LogP contribution in [0.4, 0.5) is 11.9 Å². The minimum atomic E-state index is 0.274. The van der Waals surface area contributed by atoms with E-state index in [1.165, 1.54) is 11.1 Å². The van der Waals surface area contributed by atoms with Crippen molar-refractivity contribution < 1.29 is 0 Å². The topological polar surface area (TPSA) is 67.9 Å². The Kier molecular flexibility index (Phi) is 5.60. The van der Waals surface area contributed by atoms with E-state index in [9.17, 15) is 0 Å². The highest BCUT2D eigenvalue weighted by Gasteiger charge is 2.06. The summed E-state index contributed by atoms with van der Waals surface area (Å²) in [6.07, 6.45) is 0. The van der Waals surface area contributed by atoms with E-state index in [0.717, 1.165) is 17.3 Å². The van der Waals surface area contributed by atoms with Gasteiger partial charge in [0.25, 0.3) is 0 Å². The molecule has 2 rings (SSSR count). The number of benzene rings is 1. The summed E-state index contributed by atoms with van der Waals surface area (Å²) in [6.45, 7) is 4.41. The van der Waals surface area contributed by atoms with Crippen LogP contribution in [-0.2, 0) is 11.5 Å². The Labute approximate surface area is 136 Å². The Bertz CT molecular complexity index is 610. The number of nitrogens with two attached hydrogens (primary N) is 1. The van der Waals surface area contributed by atoms with Crippen molar-refractivity contribution in [2.45, 2.75) is 31.3 Å². The van der Waals surface area contributed by atoms with Crippen molar-refractivity contribution in [2.75, 3.05) is 24.7 Å². The van der Waals surface area contributed by atoms with Gasteiger partial charge in [-0.25, -0.2) is 0 Å². The first-order chi connectivity index (χ1) is 10.5. The van der Waals surface area contributed by atoms with Crippen LogP contribution in [0, 0.1) is 0 Å². The third kappa shape index (κ3) is 4.59. The van der Waals surface area contributed by atoms with Gasteiger partial charge in [-0.15, -0.1) is 11.8 Å². The van der Waals surface area contributed by atoms with Crippen molar-refractivity contribution in [1.82, 2.24) is 15.0 Å². The lowest BCUT2D eigenvalue weighted by Crippen LogP contribution is -2.15. The summed E-state index contributed by atoms with van der Waals surface area (Å²) in [7, 11) is 3.78. The molecule has 1 aromatic carbocycles. The monoisotopic (exact) mass is 317 g/mol. The van der Waals surface area contributed by atoms with E-state index in [-0.39, 0.29) is 5.95 Å². The van der Waals surface area contributed by atoms with E-state index >= 15 is 0 Å². The molecule has 0 aliphatic rings. The Morgan fingerprint density at radius 1 is 1.05 bits per heavy atom. The average molecular weight is 317 g/mol. The normalized spacial score (nSPS) is 11.0. The van der Waals surface area contributed by atoms with Crippen molar-refractivity contribution in [1.29, 1.82) is 0 Å². The summed E-state index contributed by atoms with van der Waals surface area (Å²) in [5.41, 5.74) is 8.41. The van der Waals surface area contributed by atoms with Gasteiger partial charge < -0.3 is 10.6 Å². The van der Waals surface area contributed by atoms with Crippen LogP contribution in [0.15, 0.2) is 24.3 Å². The third-order valence-corrected chi connectivity index (χ3v) is 4.23. The Morgan fingerprint density at radius 2 is 1.73 bits per heavy atom. The first-order valence-corrected chi connectivity index (χ1v) is 8.45. The summed E-state index contributed by atoms with van der Waals surface area (Å²) in [5.74, 6) is 3.82. The molecule has 0 saturated heterocycles. The highest BCUT2D eigenvalue weighted by atomic mass is 32.2. The third-order valence-electron chi connectivity index (χ3n) is 3.23. The van der Waals surface area contributed by atoms with Crippen molar-refractivity contribution in [3.05, 3.63) is 41.2 Å². The quantitative estimate of drug-likeness (QED) is 0.883. The van der Waals surface area contributed by atoms with Gasteiger partial charge in [0.15, 0.2) is 0 Å². The van der Waals surface area contributed by atoms with Gasteiger partial charge in [-0.1, -0.05) is 38.1 Å². The van der Waals surface area contributed by atoms with E-state index in [1.807, 2.05) is 19.0 Å². The van der Waals surface area contributed by atoms with E-state index in [2.05, 4.69) is 53.1 Å². The van der Waals surface area contributed by atoms with Crippen molar-refractivity contribution in [3.8, 4) is 0 Å². The molecule has 1 aromatic heterocycles. The first-order valence-electron chi connectivity index (χ1n) is 7.30. The van der Waals surface area contributed by atoms with Crippen LogP contribution in [-0.4, -0.2) is 29.0 Å². The Hall–Kier alpha value is -1.82. The van der Waals surface area contributed by atoms with Crippen LogP contribution < -0.4 is 10.6 Å². The fraction of sp³-hybridized carbons (Fsp3) is 0.438. The molecule has 2 N–H and O–H groups in total. The molecule has 0 atom stereocenters. The molecular weight excluding hydrogens is 294 g/mol. The molecule has 0 spiro atoms. The summed E-state index contributed by atoms with van der Waals surface area (Å²) < 4.78 is 0. The van der Waals surface area contributed by atoms with Crippen molar-refractivity contribution in [2.24, 2.45) is 0 Å². The number of rotatable bonds is 6. The smallest absolute Gasteiger partial charge is 0.229 e. The van der Waals surface area contributed by atoms with Gasteiger partial charge in [0.05, 0.1) is 5.75 Å². The zero-order valence-corrected chi connectivity index (χ0v) is 14.4. The molecule has 0 saturated carbocycles. The highest BCUT2D eigenvalue weighted by molar-refractivity contribution is 7.97. The zero-order chi connectivity index (χ0) is 16.1. The molecule has 118 valence electrons. The van der Waals surface area contributed by atoms with Crippen LogP contribution in [0.25, 0.3) is 0 Å². The van der Waals surface area contributed by atoms with Gasteiger partial charge in [-0.05, 0) is 17.0 Å². The molecule has 6 heteroatoms. The Balaban J connectivity index is 1.93. The number of anilines is 2. The molecule has 5 nitrogen and oxygen atoms in total. The highest BCUT2D eigenvalue weighted by Crippen LogP contribution is 2.20. The second-order valence-electron chi connectivity index (χ2n) is 5.69. The SMILES string of the molecule is CC(C)c1ccc(CSCc2nc(N)nc(N(C)C)n2)cc1. The maximum atomic E-state index is 5.73. The summed E-state index contributed by atoms with van der Waals surface area (Å²) in [5, 5.41) is 0. The molecule has 22 heavy (non-hydrogen) atoms. The molecule has 0 aliphatic carbocycles. The van der Waals surface area contributed by atoms with Crippen molar-refractivity contribution >= 4 is 23.7 Å². The molecule has 0 radical (unpaired) electrons. The number of nitrogen functional groups attached to an aromatic ring is 1. The molecule has 2 aromatic rings. The maximum Gasteiger partial charge on any atom is 0.229 e. The Morgan fingerprint density at radius 3 is 2.32 bits per heavy atom. The summed E-state index contributed by atoms with van der Waals surface area (Å²) >= 11 is 1.78.